The Morgan fingerprint density at radius 2 is 1.95 bits per heavy atom. The molecule has 0 spiro atoms. The molecule has 0 saturated heterocycles. The lowest BCUT2D eigenvalue weighted by Gasteiger charge is -2.09. The second kappa shape index (κ2) is 6.63. The maximum atomic E-state index is 10.8. The van der Waals surface area contributed by atoms with E-state index in [1.165, 1.54) is 0 Å². The number of urea groups is 1. The third-order valence-electron chi connectivity index (χ3n) is 2.61. The zero-order valence-electron chi connectivity index (χ0n) is 10.5. The van der Waals surface area contributed by atoms with Crippen LogP contribution in [-0.4, -0.2) is 6.03 Å². The van der Waals surface area contributed by atoms with Crippen LogP contribution in [0.4, 0.5) is 16.2 Å². The molecule has 2 aromatic rings. The summed E-state index contributed by atoms with van der Waals surface area (Å²) in [6.07, 6.45) is 0. The number of benzene rings is 2. The van der Waals surface area contributed by atoms with E-state index in [2.05, 4.69) is 26.6 Å². The summed E-state index contributed by atoms with van der Waals surface area (Å²) >= 11 is 9.34. The van der Waals surface area contributed by atoms with Crippen LogP contribution in [0, 0.1) is 0 Å². The van der Waals surface area contributed by atoms with Crippen molar-refractivity contribution in [3.05, 3.63) is 57.5 Å². The molecule has 0 fully saturated rings. The number of carbonyl (C=O) groups excluding carboxylic acids is 1. The van der Waals surface area contributed by atoms with E-state index in [-0.39, 0.29) is 0 Å². The zero-order chi connectivity index (χ0) is 14.5. The predicted molar refractivity (Wildman–Crippen MR) is 86.1 cm³/mol. The van der Waals surface area contributed by atoms with E-state index in [1.54, 1.807) is 6.07 Å². The molecular formula is C14H13BrClN3O. The quantitative estimate of drug-likeness (QED) is 0.770. The van der Waals surface area contributed by atoms with Gasteiger partial charge < -0.3 is 16.4 Å². The maximum Gasteiger partial charge on any atom is 0.316 e. The van der Waals surface area contributed by atoms with Crippen molar-refractivity contribution in [2.24, 2.45) is 5.73 Å². The Balaban J connectivity index is 2.03. The molecule has 4 nitrogen and oxygen atoms in total. The second-order valence-corrected chi connectivity index (χ2v) is 5.43. The third kappa shape index (κ3) is 4.15. The van der Waals surface area contributed by atoms with Gasteiger partial charge in [-0.25, -0.2) is 4.79 Å². The van der Waals surface area contributed by atoms with Gasteiger partial charge in [-0.1, -0.05) is 23.7 Å². The van der Waals surface area contributed by atoms with Crippen LogP contribution in [0.15, 0.2) is 46.9 Å². The van der Waals surface area contributed by atoms with Gasteiger partial charge in [0.25, 0.3) is 0 Å². The van der Waals surface area contributed by atoms with Gasteiger partial charge in [0.2, 0.25) is 0 Å². The van der Waals surface area contributed by atoms with Crippen LogP contribution in [0.2, 0.25) is 5.02 Å². The number of anilines is 2. The van der Waals surface area contributed by atoms with Gasteiger partial charge in [-0.15, -0.1) is 0 Å². The monoisotopic (exact) mass is 353 g/mol. The molecule has 2 rings (SSSR count). The normalized spacial score (nSPS) is 10.1. The van der Waals surface area contributed by atoms with Gasteiger partial charge in [0.1, 0.15) is 0 Å². The van der Waals surface area contributed by atoms with Crippen LogP contribution in [0.3, 0.4) is 0 Å². The predicted octanol–water partition coefficient (Wildman–Crippen LogP) is 4.21. The topological polar surface area (TPSA) is 67.2 Å². The summed E-state index contributed by atoms with van der Waals surface area (Å²) < 4.78 is 0.864. The fourth-order valence-electron chi connectivity index (χ4n) is 1.70. The van der Waals surface area contributed by atoms with Gasteiger partial charge in [-0.2, -0.15) is 0 Å². The number of hydrogen-bond donors (Lipinski definition) is 3. The third-order valence-corrected chi connectivity index (χ3v) is 3.82. The molecule has 0 aliphatic carbocycles. The van der Waals surface area contributed by atoms with Gasteiger partial charge in [0.15, 0.2) is 0 Å². The molecule has 6 heteroatoms. The minimum atomic E-state index is -0.580. The molecule has 0 heterocycles. The van der Waals surface area contributed by atoms with Crippen molar-refractivity contribution in [3.8, 4) is 0 Å². The molecule has 20 heavy (non-hydrogen) atoms. The first-order chi connectivity index (χ1) is 9.54. The van der Waals surface area contributed by atoms with E-state index in [4.69, 9.17) is 17.3 Å². The van der Waals surface area contributed by atoms with E-state index in [0.717, 1.165) is 15.7 Å². The summed E-state index contributed by atoms with van der Waals surface area (Å²) in [6, 6.07) is 12.5. The molecule has 0 bridgehead atoms. The largest absolute Gasteiger partial charge is 0.381 e. The number of carbonyl (C=O) groups is 1. The lowest BCUT2D eigenvalue weighted by molar-refractivity contribution is 0.259. The van der Waals surface area contributed by atoms with Crippen LogP contribution in [0.25, 0.3) is 0 Å². The van der Waals surface area contributed by atoms with E-state index < -0.39 is 6.03 Å². The van der Waals surface area contributed by atoms with Crippen molar-refractivity contribution >= 4 is 44.9 Å². The SMILES string of the molecule is NC(=O)Nc1cccc(NCc2ccc(Cl)c(Br)c2)c1. The molecule has 0 aliphatic heterocycles. The smallest absolute Gasteiger partial charge is 0.316 e. The fourth-order valence-corrected chi connectivity index (χ4v) is 2.25. The van der Waals surface area contributed by atoms with Gasteiger partial charge in [0.05, 0.1) is 5.02 Å². The molecular weight excluding hydrogens is 342 g/mol. The molecule has 0 atom stereocenters. The van der Waals surface area contributed by atoms with E-state index in [1.807, 2.05) is 36.4 Å². The van der Waals surface area contributed by atoms with Crippen LogP contribution in [0.5, 0.6) is 0 Å². The summed E-state index contributed by atoms with van der Waals surface area (Å²) in [5.74, 6) is 0. The Hall–Kier alpha value is -1.72. The Kier molecular flexibility index (Phi) is 4.87. The van der Waals surface area contributed by atoms with Gasteiger partial charge in [-0.3, -0.25) is 0 Å². The van der Waals surface area contributed by atoms with Crippen molar-refractivity contribution in [2.45, 2.75) is 6.54 Å². The molecule has 2 amide bonds. The molecule has 0 unspecified atom stereocenters. The highest BCUT2D eigenvalue weighted by atomic mass is 79.9. The molecule has 4 N–H and O–H groups in total. The zero-order valence-corrected chi connectivity index (χ0v) is 12.8. The first-order valence-electron chi connectivity index (χ1n) is 5.89. The first kappa shape index (κ1) is 14.7. The molecule has 104 valence electrons. The highest BCUT2D eigenvalue weighted by molar-refractivity contribution is 9.10. The summed E-state index contributed by atoms with van der Waals surface area (Å²) in [6.45, 7) is 0.649. The van der Waals surface area contributed by atoms with Gasteiger partial charge in [-0.05, 0) is 51.8 Å². The summed E-state index contributed by atoms with van der Waals surface area (Å²) in [5, 5.41) is 6.48. The van der Waals surface area contributed by atoms with Crippen molar-refractivity contribution in [1.29, 1.82) is 0 Å². The standard InChI is InChI=1S/C14H13BrClN3O/c15-12-6-9(4-5-13(12)16)8-18-10-2-1-3-11(7-10)19-14(17)20/h1-7,18H,8H2,(H3,17,19,20). The number of rotatable bonds is 4. The van der Waals surface area contributed by atoms with Crippen LogP contribution in [-0.2, 0) is 6.54 Å². The van der Waals surface area contributed by atoms with Crippen molar-refractivity contribution in [1.82, 2.24) is 0 Å². The minimum Gasteiger partial charge on any atom is -0.381 e. The van der Waals surface area contributed by atoms with Gasteiger partial charge >= 0.3 is 6.03 Å². The van der Waals surface area contributed by atoms with E-state index in [9.17, 15) is 4.79 Å². The highest BCUT2D eigenvalue weighted by Gasteiger charge is 2.01. The molecule has 2 aromatic carbocycles. The number of nitrogens with two attached hydrogens (primary N) is 1. The lowest BCUT2D eigenvalue weighted by Crippen LogP contribution is -2.19. The van der Waals surface area contributed by atoms with Crippen LogP contribution in [0.1, 0.15) is 5.56 Å². The summed E-state index contributed by atoms with van der Waals surface area (Å²) in [4.78, 5) is 10.8. The average Bonchev–Trinajstić information content (AvgIpc) is 2.40. The number of nitrogens with one attached hydrogen (secondary N) is 2. The Labute approximate surface area is 130 Å². The van der Waals surface area contributed by atoms with Crippen LogP contribution < -0.4 is 16.4 Å². The number of halogens is 2. The molecule has 0 aromatic heterocycles. The Morgan fingerprint density at radius 3 is 2.65 bits per heavy atom. The summed E-state index contributed by atoms with van der Waals surface area (Å²) in [5.41, 5.74) is 7.72. The minimum absolute atomic E-state index is 0.580. The average molecular weight is 355 g/mol. The Morgan fingerprint density at radius 1 is 1.20 bits per heavy atom. The lowest BCUT2D eigenvalue weighted by atomic mass is 10.2. The van der Waals surface area contributed by atoms with E-state index in [0.29, 0.717) is 17.3 Å². The fraction of sp³-hybridized carbons (Fsp3) is 0.0714. The summed E-state index contributed by atoms with van der Waals surface area (Å²) in [7, 11) is 0. The van der Waals surface area contributed by atoms with E-state index >= 15 is 0 Å². The van der Waals surface area contributed by atoms with Gasteiger partial charge in [0, 0.05) is 22.4 Å². The van der Waals surface area contributed by atoms with Crippen molar-refractivity contribution in [2.75, 3.05) is 10.6 Å². The first-order valence-corrected chi connectivity index (χ1v) is 7.06. The number of hydrogen-bond acceptors (Lipinski definition) is 2. The molecule has 0 radical (unpaired) electrons. The second-order valence-electron chi connectivity index (χ2n) is 4.17. The number of amides is 2. The molecule has 0 aliphatic rings. The Bertz CT molecular complexity index is 634. The van der Waals surface area contributed by atoms with Crippen molar-refractivity contribution < 1.29 is 4.79 Å². The number of primary amides is 1. The van der Waals surface area contributed by atoms with Crippen LogP contribution >= 0.6 is 27.5 Å². The molecule has 0 saturated carbocycles. The maximum absolute atomic E-state index is 10.8. The highest BCUT2D eigenvalue weighted by Crippen LogP contribution is 2.24. The van der Waals surface area contributed by atoms with Crippen molar-refractivity contribution in [3.63, 3.8) is 0 Å².